The Morgan fingerprint density at radius 1 is 0.833 bits per heavy atom. The molecule has 0 bridgehead atoms. The molecule has 0 saturated carbocycles. The molecule has 0 aliphatic carbocycles. The van der Waals surface area contributed by atoms with Crippen LogP contribution in [0.4, 0.5) is 52.7 Å². The van der Waals surface area contributed by atoms with Gasteiger partial charge in [-0.05, 0) is 0 Å². The molecule has 0 heterocycles. The van der Waals surface area contributed by atoms with E-state index in [2.05, 4.69) is 0 Å². The normalized spacial score (nSPS) is 14.9. The molecule has 0 atom stereocenters. The number of nitrogens with one attached hydrogen (secondary N) is 1. The molecule has 0 aromatic heterocycles. The fourth-order valence-electron chi connectivity index (χ4n) is 1.16. The van der Waals surface area contributed by atoms with Crippen LogP contribution in [0.5, 0.6) is 0 Å². The summed E-state index contributed by atoms with van der Waals surface area (Å²) in [6, 6.07) is 0. The van der Waals surface area contributed by atoms with Crippen molar-refractivity contribution in [3.63, 3.8) is 0 Å². The molecular weight excluding hydrogens is 382 g/mol. The zero-order valence-corrected chi connectivity index (χ0v) is 10.9. The molecular formula is C9H7F12NO2. The molecule has 0 unspecified atom stereocenters. The summed E-state index contributed by atoms with van der Waals surface area (Å²) in [5.74, 6) is -40.0. The van der Waals surface area contributed by atoms with Gasteiger partial charge in [0.1, 0.15) is 0 Å². The van der Waals surface area contributed by atoms with E-state index >= 15 is 0 Å². The first-order valence-electron chi connectivity index (χ1n) is 5.49. The number of amides is 1. The summed E-state index contributed by atoms with van der Waals surface area (Å²) in [6.07, 6.45) is -5.61. The first-order chi connectivity index (χ1) is 10.4. The van der Waals surface area contributed by atoms with Gasteiger partial charge in [0.25, 0.3) is 5.91 Å². The second kappa shape index (κ2) is 6.48. The summed E-state index contributed by atoms with van der Waals surface area (Å²) in [7, 11) is 0. The summed E-state index contributed by atoms with van der Waals surface area (Å²) in [6.45, 7) is -2.37. The van der Waals surface area contributed by atoms with Gasteiger partial charge in [-0.2, -0.15) is 43.9 Å². The number of hydrogen-bond acceptors (Lipinski definition) is 2. The topological polar surface area (TPSA) is 49.3 Å². The van der Waals surface area contributed by atoms with Crippen molar-refractivity contribution in [2.75, 3.05) is 13.2 Å². The van der Waals surface area contributed by atoms with Crippen molar-refractivity contribution >= 4 is 5.91 Å². The lowest BCUT2D eigenvalue weighted by Gasteiger charge is -2.38. The highest BCUT2D eigenvalue weighted by Crippen LogP contribution is 2.58. The lowest BCUT2D eigenvalue weighted by molar-refractivity contribution is -0.407. The van der Waals surface area contributed by atoms with Crippen molar-refractivity contribution in [3.8, 4) is 0 Å². The highest BCUT2D eigenvalue weighted by atomic mass is 19.4. The van der Waals surface area contributed by atoms with Crippen LogP contribution >= 0.6 is 0 Å². The van der Waals surface area contributed by atoms with Crippen molar-refractivity contribution in [1.29, 1.82) is 0 Å². The molecule has 0 aromatic rings. The van der Waals surface area contributed by atoms with Gasteiger partial charge in [0.2, 0.25) is 0 Å². The fourth-order valence-corrected chi connectivity index (χ4v) is 1.16. The molecule has 2 N–H and O–H groups in total. The van der Waals surface area contributed by atoms with Crippen LogP contribution in [0, 0.1) is 0 Å². The third-order valence-electron chi connectivity index (χ3n) is 2.56. The molecule has 0 spiro atoms. The van der Waals surface area contributed by atoms with E-state index < -0.39 is 55.1 Å². The molecule has 24 heavy (non-hydrogen) atoms. The van der Waals surface area contributed by atoms with Crippen molar-refractivity contribution in [2.24, 2.45) is 0 Å². The smallest absolute Gasteiger partial charge is 0.392 e. The van der Waals surface area contributed by atoms with Gasteiger partial charge in [0.05, 0.1) is 6.61 Å². The molecule has 15 heteroatoms. The van der Waals surface area contributed by atoms with Crippen molar-refractivity contribution in [2.45, 2.75) is 36.0 Å². The van der Waals surface area contributed by atoms with Crippen LogP contribution in [0.25, 0.3) is 0 Å². The Labute approximate surface area is 124 Å². The molecule has 0 aliphatic heterocycles. The maximum atomic E-state index is 13.1. The second-order valence-corrected chi connectivity index (χ2v) is 4.20. The van der Waals surface area contributed by atoms with Crippen molar-refractivity contribution < 1.29 is 62.6 Å². The minimum Gasteiger partial charge on any atom is -0.395 e. The number of alkyl halides is 12. The molecule has 3 nitrogen and oxygen atoms in total. The SMILES string of the molecule is O=C(NCCO)C(F)(F)C(F)(F)C(F)(F)C(F)(F)C(F)(F)C(F)F. The van der Waals surface area contributed by atoms with Gasteiger partial charge in [-0.15, -0.1) is 0 Å². The largest absolute Gasteiger partial charge is 0.395 e. The van der Waals surface area contributed by atoms with Crippen LogP contribution in [0.3, 0.4) is 0 Å². The number of rotatable bonds is 8. The molecule has 0 aromatic carbocycles. The lowest BCUT2D eigenvalue weighted by Crippen LogP contribution is -2.70. The molecule has 0 radical (unpaired) electrons. The van der Waals surface area contributed by atoms with E-state index in [0.29, 0.717) is 0 Å². The lowest BCUT2D eigenvalue weighted by atomic mass is 9.94. The van der Waals surface area contributed by atoms with E-state index in [-0.39, 0.29) is 0 Å². The molecule has 144 valence electrons. The van der Waals surface area contributed by atoms with Crippen molar-refractivity contribution in [3.05, 3.63) is 0 Å². The molecule has 1 amide bonds. The molecule has 0 saturated heterocycles. The van der Waals surface area contributed by atoms with E-state index in [9.17, 15) is 57.5 Å². The average Bonchev–Trinajstić information content (AvgIpc) is 2.43. The number of hydrogen-bond donors (Lipinski definition) is 2. The van der Waals surface area contributed by atoms with Gasteiger partial charge in [-0.1, -0.05) is 0 Å². The maximum Gasteiger partial charge on any atom is 0.392 e. The van der Waals surface area contributed by atoms with Crippen LogP contribution in [-0.2, 0) is 4.79 Å². The highest BCUT2D eigenvalue weighted by molar-refractivity contribution is 5.84. The fraction of sp³-hybridized carbons (Fsp3) is 0.889. The zero-order chi connectivity index (χ0) is 19.8. The Kier molecular flexibility index (Phi) is 6.10. The van der Waals surface area contributed by atoms with Gasteiger partial charge in [0, 0.05) is 6.54 Å². The first kappa shape index (κ1) is 22.6. The third kappa shape index (κ3) is 3.09. The Hall–Kier alpha value is -1.41. The van der Waals surface area contributed by atoms with Gasteiger partial charge >= 0.3 is 36.0 Å². The predicted octanol–water partition coefficient (Wildman–Crippen LogP) is 2.54. The number of carbonyl (C=O) groups excluding carboxylic acids is 1. The molecule has 0 aliphatic rings. The van der Waals surface area contributed by atoms with Crippen LogP contribution in [0.2, 0.25) is 0 Å². The number of aliphatic hydroxyl groups excluding tert-OH is 1. The summed E-state index contributed by atoms with van der Waals surface area (Å²) in [5.41, 5.74) is 0. The summed E-state index contributed by atoms with van der Waals surface area (Å²) in [4.78, 5) is 10.7. The van der Waals surface area contributed by atoms with Crippen LogP contribution in [0.15, 0.2) is 0 Å². The van der Waals surface area contributed by atoms with Crippen LogP contribution in [-0.4, -0.2) is 60.2 Å². The maximum absolute atomic E-state index is 13.1. The third-order valence-corrected chi connectivity index (χ3v) is 2.56. The van der Waals surface area contributed by atoms with E-state index in [4.69, 9.17) is 5.11 Å². The summed E-state index contributed by atoms with van der Waals surface area (Å²) in [5, 5.41) is 8.87. The van der Waals surface area contributed by atoms with Gasteiger partial charge in [-0.25, -0.2) is 8.78 Å². The standard InChI is InChI=1S/C9H7F12NO2/c10-3(11)5(12,13)7(16,17)9(20,21)8(18,19)6(14,15)4(24)22-1-2-23/h3,23H,1-2H2,(H,22,24). The van der Waals surface area contributed by atoms with Crippen molar-refractivity contribution in [1.82, 2.24) is 5.32 Å². The Balaban J connectivity index is 6.02. The first-order valence-corrected chi connectivity index (χ1v) is 5.49. The number of carbonyl (C=O) groups is 1. The quantitative estimate of drug-likeness (QED) is 0.627. The predicted molar refractivity (Wildman–Crippen MR) is 50.8 cm³/mol. The van der Waals surface area contributed by atoms with Crippen LogP contribution < -0.4 is 5.32 Å². The monoisotopic (exact) mass is 389 g/mol. The highest BCUT2D eigenvalue weighted by Gasteiger charge is 2.89. The molecule has 0 fully saturated rings. The summed E-state index contributed by atoms with van der Waals surface area (Å²) < 4.78 is 152. The summed E-state index contributed by atoms with van der Waals surface area (Å²) >= 11 is 0. The number of aliphatic hydroxyl groups is 1. The van der Waals surface area contributed by atoms with Gasteiger partial charge in [0.15, 0.2) is 0 Å². The Bertz CT molecular complexity index is 463. The van der Waals surface area contributed by atoms with Gasteiger partial charge in [-0.3, -0.25) is 4.79 Å². The average molecular weight is 389 g/mol. The minimum absolute atomic E-state index is 0.731. The Morgan fingerprint density at radius 2 is 1.25 bits per heavy atom. The number of halogens is 12. The Morgan fingerprint density at radius 3 is 1.58 bits per heavy atom. The van der Waals surface area contributed by atoms with E-state index in [0.717, 1.165) is 5.32 Å². The minimum atomic E-state index is -7.75. The van der Waals surface area contributed by atoms with Gasteiger partial charge < -0.3 is 10.4 Å². The molecule has 0 rings (SSSR count). The van der Waals surface area contributed by atoms with E-state index in [1.54, 1.807) is 0 Å². The van der Waals surface area contributed by atoms with E-state index in [1.165, 1.54) is 0 Å². The van der Waals surface area contributed by atoms with Crippen LogP contribution in [0.1, 0.15) is 0 Å². The van der Waals surface area contributed by atoms with E-state index in [1.807, 2.05) is 0 Å². The second-order valence-electron chi connectivity index (χ2n) is 4.20. The zero-order valence-electron chi connectivity index (χ0n) is 10.9.